The highest BCUT2D eigenvalue weighted by atomic mass is 16.5. The number of nitrogens with one attached hydrogen (secondary N) is 2. The van der Waals surface area contributed by atoms with Crippen molar-refractivity contribution in [3.63, 3.8) is 0 Å². The van der Waals surface area contributed by atoms with E-state index in [-0.39, 0.29) is 5.56 Å². The lowest BCUT2D eigenvalue weighted by molar-refractivity contribution is 0.352. The van der Waals surface area contributed by atoms with Gasteiger partial charge in [-0.05, 0) is 85.9 Å². The number of hydrogen-bond acceptors (Lipinski definition) is 5. The van der Waals surface area contributed by atoms with E-state index in [4.69, 9.17) is 10.1 Å². The van der Waals surface area contributed by atoms with Crippen LogP contribution in [0.25, 0.3) is 16.8 Å². The first-order valence-electron chi connectivity index (χ1n) is 11.1. The Hall–Kier alpha value is -3.38. The molecule has 3 aromatic rings. The molecule has 166 valence electrons. The molecule has 32 heavy (non-hydrogen) atoms. The molecule has 0 spiro atoms. The number of benzene rings is 2. The van der Waals surface area contributed by atoms with Crippen LogP contribution in [0.15, 0.2) is 59.5 Å². The summed E-state index contributed by atoms with van der Waals surface area (Å²) in [4.78, 5) is 15.4. The van der Waals surface area contributed by atoms with Gasteiger partial charge in [0.2, 0.25) is 0 Å². The van der Waals surface area contributed by atoms with Crippen molar-refractivity contribution >= 4 is 11.9 Å². The summed E-state index contributed by atoms with van der Waals surface area (Å²) < 4.78 is 6.89. The van der Waals surface area contributed by atoms with Crippen molar-refractivity contribution in [2.75, 3.05) is 38.6 Å². The summed E-state index contributed by atoms with van der Waals surface area (Å²) in [6.45, 7) is 6.20. The zero-order chi connectivity index (χ0) is 22.5. The van der Waals surface area contributed by atoms with E-state index in [9.17, 15) is 4.79 Å². The lowest BCUT2D eigenvalue weighted by Gasteiger charge is -2.17. The number of aryl methyl sites for hydroxylation is 1. The number of anilines is 1. The number of hydrogen-bond donors (Lipinski definition) is 2. The average Bonchev–Trinajstić information content (AvgIpc) is 3.32. The van der Waals surface area contributed by atoms with Crippen LogP contribution >= 0.6 is 0 Å². The Balaban J connectivity index is 1.54. The van der Waals surface area contributed by atoms with Crippen molar-refractivity contribution in [3.8, 4) is 22.6 Å². The Morgan fingerprint density at radius 2 is 1.91 bits per heavy atom. The van der Waals surface area contributed by atoms with Crippen LogP contribution in [0.1, 0.15) is 24.0 Å². The number of nitrogens with zero attached hydrogens (tertiary/aromatic N) is 2. The van der Waals surface area contributed by atoms with Crippen molar-refractivity contribution in [1.82, 2.24) is 9.47 Å². The Kier molecular flexibility index (Phi) is 6.71. The number of aromatic nitrogens is 1. The Bertz CT molecular complexity index is 1160. The molecule has 0 saturated carbocycles. The standard InChI is InChI=1S/C26H30N4O2/c1-19-15-23(32-2)6-7-24(19)20-9-13-30(26(31)17-20)22-5-8-25(21(16-22)18-27)28-10-14-29-11-3-4-12-29/h5-9,13,15-18,27-28H,3-4,10-12,14H2,1-2H3. The predicted molar refractivity (Wildman–Crippen MR) is 131 cm³/mol. The van der Waals surface area contributed by atoms with Gasteiger partial charge in [0.05, 0.1) is 7.11 Å². The molecule has 1 aliphatic heterocycles. The molecule has 6 nitrogen and oxygen atoms in total. The highest BCUT2D eigenvalue weighted by Crippen LogP contribution is 2.26. The van der Waals surface area contributed by atoms with Crippen LogP contribution in [0.5, 0.6) is 5.75 Å². The zero-order valence-electron chi connectivity index (χ0n) is 18.7. The summed E-state index contributed by atoms with van der Waals surface area (Å²) in [6.07, 6.45) is 5.70. The Labute approximate surface area is 189 Å². The lowest BCUT2D eigenvalue weighted by atomic mass is 10.0. The highest BCUT2D eigenvalue weighted by Gasteiger charge is 2.11. The molecule has 1 saturated heterocycles. The second kappa shape index (κ2) is 9.83. The number of pyridine rings is 1. The third kappa shape index (κ3) is 4.75. The fourth-order valence-electron chi connectivity index (χ4n) is 4.28. The maximum atomic E-state index is 12.9. The number of methoxy groups -OCH3 is 1. The first-order chi connectivity index (χ1) is 15.6. The molecule has 0 atom stereocenters. The van der Waals surface area contributed by atoms with Gasteiger partial charge >= 0.3 is 0 Å². The Morgan fingerprint density at radius 3 is 2.59 bits per heavy atom. The minimum Gasteiger partial charge on any atom is -0.497 e. The van der Waals surface area contributed by atoms with Gasteiger partial charge in [0.15, 0.2) is 0 Å². The summed E-state index contributed by atoms with van der Waals surface area (Å²) in [6, 6.07) is 15.2. The summed E-state index contributed by atoms with van der Waals surface area (Å²) in [5, 5.41) is 11.3. The maximum Gasteiger partial charge on any atom is 0.255 e. The van der Waals surface area contributed by atoms with Crippen molar-refractivity contribution < 1.29 is 4.74 Å². The molecule has 1 aliphatic rings. The fourth-order valence-corrected chi connectivity index (χ4v) is 4.28. The van der Waals surface area contributed by atoms with Gasteiger partial charge < -0.3 is 20.4 Å². The van der Waals surface area contributed by atoms with Crippen molar-refractivity contribution in [1.29, 1.82) is 5.41 Å². The molecule has 2 aromatic carbocycles. The van der Waals surface area contributed by atoms with E-state index in [2.05, 4.69) is 10.2 Å². The van der Waals surface area contributed by atoms with Crippen LogP contribution in [0.4, 0.5) is 5.69 Å². The van der Waals surface area contributed by atoms with E-state index >= 15 is 0 Å². The second-order valence-corrected chi connectivity index (χ2v) is 8.20. The molecule has 6 heteroatoms. The van der Waals surface area contributed by atoms with Gasteiger partial charge in [-0.1, -0.05) is 6.07 Å². The van der Waals surface area contributed by atoms with E-state index in [0.29, 0.717) is 0 Å². The number of ether oxygens (including phenoxy) is 1. The van der Waals surface area contributed by atoms with E-state index in [1.165, 1.54) is 32.1 Å². The molecular formula is C26H30N4O2. The SMILES string of the molecule is COc1ccc(-c2ccn(-c3ccc(NCCN4CCCC4)c(C=N)c3)c(=O)c2)c(C)c1. The largest absolute Gasteiger partial charge is 0.497 e. The van der Waals surface area contributed by atoms with Crippen molar-refractivity contribution in [3.05, 3.63) is 76.2 Å². The number of likely N-dealkylation sites (tertiary alicyclic amines) is 1. The molecule has 2 heterocycles. The van der Waals surface area contributed by atoms with Crippen molar-refractivity contribution in [2.45, 2.75) is 19.8 Å². The monoisotopic (exact) mass is 430 g/mol. The van der Waals surface area contributed by atoms with Gasteiger partial charge in [-0.25, -0.2) is 0 Å². The van der Waals surface area contributed by atoms with Gasteiger partial charge in [-0.2, -0.15) is 0 Å². The van der Waals surface area contributed by atoms with Gasteiger partial charge in [0.1, 0.15) is 5.75 Å². The normalized spacial score (nSPS) is 13.8. The molecule has 0 radical (unpaired) electrons. The fraction of sp³-hybridized carbons (Fsp3) is 0.308. The molecule has 4 rings (SSSR count). The molecular weight excluding hydrogens is 400 g/mol. The van der Waals surface area contributed by atoms with Crippen LogP contribution in [0.2, 0.25) is 0 Å². The lowest BCUT2D eigenvalue weighted by Crippen LogP contribution is -2.26. The van der Waals surface area contributed by atoms with Crippen molar-refractivity contribution in [2.24, 2.45) is 0 Å². The smallest absolute Gasteiger partial charge is 0.255 e. The molecule has 1 aromatic heterocycles. The third-order valence-corrected chi connectivity index (χ3v) is 6.08. The molecule has 1 fully saturated rings. The highest BCUT2D eigenvalue weighted by molar-refractivity contribution is 5.86. The minimum atomic E-state index is -0.108. The molecule has 0 bridgehead atoms. The van der Waals surface area contributed by atoms with Crippen LogP contribution in [0.3, 0.4) is 0 Å². The molecule has 0 amide bonds. The second-order valence-electron chi connectivity index (χ2n) is 8.20. The predicted octanol–water partition coefficient (Wildman–Crippen LogP) is 4.33. The van der Waals surface area contributed by atoms with Gasteiger partial charge in [-0.15, -0.1) is 0 Å². The van der Waals surface area contributed by atoms with Crippen LogP contribution in [0, 0.1) is 12.3 Å². The summed E-state index contributed by atoms with van der Waals surface area (Å²) in [5.41, 5.74) is 5.26. The zero-order valence-corrected chi connectivity index (χ0v) is 18.7. The van der Waals surface area contributed by atoms with Gasteiger partial charge in [0, 0.05) is 48.5 Å². The molecule has 2 N–H and O–H groups in total. The first kappa shape index (κ1) is 21.8. The van der Waals surface area contributed by atoms with Crippen LogP contribution in [-0.2, 0) is 0 Å². The van der Waals surface area contributed by atoms with E-state index in [0.717, 1.165) is 52.5 Å². The van der Waals surface area contributed by atoms with Gasteiger partial charge in [0.25, 0.3) is 5.56 Å². The van der Waals surface area contributed by atoms with E-state index < -0.39 is 0 Å². The minimum absolute atomic E-state index is 0.108. The van der Waals surface area contributed by atoms with E-state index in [1.807, 2.05) is 49.4 Å². The summed E-state index contributed by atoms with van der Waals surface area (Å²) in [7, 11) is 1.65. The van der Waals surface area contributed by atoms with Gasteiger partial charge in [-0.3, -0.25) is 9.36 Å². The first-order valence-corrected chi connectivity index (χ1v) is 11.1. The van der Waals surface area contributed by atoms with E-state index in [1.54, 1.807) is 23.9 Å². The maximum absolute atomic E-state index is 12.9. The van der Waals surface area contributed by atoms with Crippen LogP contribution in [-0.4, -0.2) is 49.0 Å². The quantitative estimate of drug-likeness (QED) is 0.522. The summed E-state index contributed by atoms with van der Waals surface area (Å²) >= 11 is 0. The number of rotatable bonds is 8. The topological polar surface area (TPSA) is 70.3 Å². The average molecular weight is 431 g/mol. The van der Waals surface area contributed by atoms with Crippen LogP contribution < -0.4 is 15.6 Å². The molecule has 0 unspecified atom stereocenters. The Morgan fingerprint density at radius 1 is 1.09 bits per heavy atom. The summed E-state index contributed by atoms with van der Waals surface area (Å²) in [5.74, 6) is 0.799. The molecule has 0 aliphatic carbocycles. The third-order valence-electron chi connectivity index (χ3n) is 6.08.